The van der Waals surface area contributed by atoms with E-state index in [1.807, 2.05) is 6.07 Å². The molecule has 0 radical (unpaired) electrons. The summed E-state index contributed by atoms with van der Waals surface area (Å²) in [6.45, 7) is 0.650. The fourth-order valence-corrected chi connectivity index (χ4v) is 2.39. The molecule has 0 saturated carbocycles. The summed E-state index contributed by atoms with van der Waals surface area (Å²) in [5.41, 5.74) is 1.15. The van der Waals surface area contributed by atoms with Crippen LogP contribution < -0.4 is 0 Å². The molecular weight excluding hydrogens is 274 g/mol. The zero-order chi connectivity index (χ0) is 11.5. The van der Waals surface area contributed by atoms with Gasteiger partial charge in [0.05, 0.1) is 17.6 Å². The SMILES string of the molecule is O=[N+]([O-])c1cccc([C@@H]2CO[C@@H](CBr)C2)c1. The van der Waals surface area contributed by atoms with E-state index in [4.69, 9.17) is 4.74 Å². The van der Waals surface area contributed by atoms with E-state index in [1.165, 1.54) is 6.07 Å². The fourth-order valence-electron chi connectivity index (χ4n) is 1.94. The van der Waals surface area contributed by atoms with Gasteiger partial charge in [-0.3, -0.25) is 10.1 Å². The van der Waals surface area contributed by atoms with Crippen LogP contribution in [0.1, 0.15) is 17.9 Å². The maximum atomic E-state index is 10.7. The van der Waals surface area contributed by atoms with Crippen LogP contribution in [0, 0.1) is 10.1 Å². The normalized spacial score (nSPS) is 24.6. The first-order valence-electron chi connectivity index (χ1n) is 5.12. The lowest BCUT2D eigenvalue weighted by Gasteiger charge is -2.07. The Hall–Kier alpha value is -0.940. The molecule has 16 heavy (non-hydrogen) atoms. The van der Waals surface area contributed by atoms with E-state index in [9.17, 15) is 10.1 Å². The Bertz CT molecular complexity index is 397. The second kappa shape index (κ2) is 4.93. The average molecular weight is 286 g/mol. The Labute approximate surface area is 102 Å². The van der Waals surface area contributed by atoms with Crippen molar-refractivity contribution in [1.29, 1.82) is 0 Å². The third-order valence-corrected chi connectivity index (χ3v) is 3.53. The van der Waals surface area contributed by atoms with Crippen LogP contribution in [0.15, 0.2) is 24.3 Å². The van der Waals surface area contributed by atoms with Gasteiger partial charge in [0.15, 0.2) is 0 Å². The molecule has 86 valence electrons. The largest absolute Gasteiger partial charge is 0.377 e. The van der Waals surface area contributed by atoms with Crippen LogP contribution in [0.4, 0.5) is 5.69 Å². The highest BCUT2D eigenvalue weighted by atomic mass is 79.9. The van der Waals surface area contributed by atoms with Crippen molar-refractivity contribution in [2.24, 2.45) is 0 Å². The van der Waals surface area contributed by atoms with E-state index in [1.54, 1.807) is 12.1 Å². The molecule has 0 aliphatic carbocycles. The number of halogens is 1. The molecule has 0 unspecified atom stereocenters. The van der Waals surface area contributed by atoms with Crippen LogP contribution in [0.25, 0.3) is 0 Å². The molecule has 1 aliphatic rings. The highest BCUT2D eigenvalue weighted by Crippen LogP contribution is 2.31. The van der Waals surface area contributed by atoms with Crippen molar-refractivity contribution in [3.63, 3.8) is 0 Å². The summed E-state index contributed by atoms with van der Waals surface area (Å²) < 4.78 is 5.55. The van der Waals surface area contributed by atoms with Crippen molar-refractivity contribution in [2.45, 2.75) is 18.4 Å². The van der Waals surface area contributed by atoms with Crippen molar-refractivity contribution in [3.8, 4) is 0 Å². The number of nitrogens with zero attached hydrogens (tertiary/aromatic N) is 1. The minimum Gasteiger partial charge on any atom is -0.377 e. The second-order valence-corrected chi connectivity index (χ2v) is 4.54. The fraction of sp³-hybridized carbons (Fsp3) is 0.455. The predicted octanol–water partition coefficient (Wildman–Crippen LogP) is 2.86. The van der Waals surface area contributed by atoms with E-state index >= 15 is 0 Å². The summed E-state index contributed by atoms with van der Waals surface area (Å²) in [4.78, 5) is 10.3. The van der Waals surface area contributed by atoms with Crippen LogP contribution in [0.5, 0.6) is 0 Å². The molecule has 1 aliphatic heterocycles. The van der Waals surface area contributed by atoms with Crippen LogP contribution in [-0.2, 0) is 4.74 Å². The lowest BCUT2D eigenvalue weighted by Crippen LogP contribution is -2.05. The van der Waals surface area contributed by atoms with Crippen LogP contribution in [0.3, 0.4) is 0 Å². The van der Waals surface area contributed by atoms with Gasteiger partial charge in [0.2, 0.25) is 0 Å². The van der Waals surface area contributed by atoms with E-state index in [2.05, 4.69) is 15.9 Å². The molecule has 1 heterocycles. The first-order chi connectivity index (χ1) is 7.70. The molecule has 0 amide bonds. The quantitative estimate of drug-likeness (QED) is 0.487. The Morgan fingerprint density at radius 3 is 3.00 bits per heavy atom. The van der Waals surface area contributed by atoms with E-state index in [0.29, 0.717) is 6.61 Å². The van der Waals surface area contributed by atoms with Crippen molar-refractivity contribution in [1.82, 2.24) is 0 Å². The summed E-state index contributed by atoms with van der Waals surface area (Å²) in [5, 5.41) is 11.5. The lowest BCUT2D eigenvalue weighted by molar-refractivity contribution is -0.384. The third kappa shape index (κ3) is 2.41. The number of benzene rings is 1. The van der Waals surface area contributed by atoms with E-state index < -0.39 is 0 Å². The highest BCUT2D eigenvalue weighted by Gasteiger charge is 2.26. The zero-order valence-electron chi connectivity index (χ0n) is 8.64. The number of non-ortho nitro benzene ring substituents is 1. The van der Waals surface area contributed by atoms with Gasteiger partial charge in [-0.05, 0) is 12.0 Å². The lowest BCUT2D eigenvalue weighted by atomic mass is 9.96. The monoisotopic (exact) mass is 285 g/mol. The molecule has 2 rings (SSSR count). The number of rotatable bonds is 3. The molecule has 0 bridgehead atoms. The van der Waals surface area contributed by atoms with Gasteiger partial charge in [-0.2, -0.15) is 0 Å². The van der Waals surface area contributed by atoms with Gasteiger partial charge >= 0.3 is 0 Å². The standard InChI is InChI=1S/C11H12BrNO3/c12-6-11-5-9(7-16-11)8-2-1-3-10(4-8)13(14)15/h1-4,9,11H,5-7H2/t9-,11+/m0/s1. The Morgan fingerprint density at radius 2 is 2.38 bits per heavy atom. The number of hydrogen-bond donors (Lipinski definition) is 0. The molecule has 0 spiro atoms. The van der Waals surface area contributed by atoms with Gasteiger partial charge in [0, 0.05) is 23.4 Å². The van der Waals surface area contributed by atoms with E-state index in [-0.39, 0.29) is 22.6 Å². The topological polar surface area (TPSA) is 52.4 Å². The number of hydrogen-bond acceptors (Lipinski definition) is 3. The van der Waals surface area contributed by atoms with E-state index in [0.717, 1.165) is 17.3 Å². The van der Waals surface area contributed by atoms with Gasteiger partial charge in [-0.15, -0.1) is 0 Å². The predicted molar refractivity (Wildman–Crippen MR) is 64.0 cm³/mol. The Balaban J connectivity index is 2.15. The summed E-state index contributed by atoms with van der Waals surface area (Å²) in [6.07, 6.45) is 1.15. The zero-order valence-corrected chi connectivity index (χ0v) is 10.2. The van der Waals surface area contributed by atoms with Gasteiger partial charge < -0.3 is 4.74 Å². The molecule has 5 heteroatoms. The molecule has 0 aromatic heterocycles. The summed E-state index contributed by atoms with van der Waals surface area (Å²) in [5.74, 6) is 0.280. The number of alkyl halides is 1. The molecule has 1 aromatic carbocycles. The summed E-state index contributed by atoms with van der Waals surface area (Å²) in [6, 6.07) is 6.82. The molecule has 1 aromatic rings. The summed E-state index contributed by atoms with van der Waals surface area (Å²) >= 11 is 3.38. The Kier molecular flexibility index (Phi) is 3.56. The number of ether oxygens (including phenoxy) is 1. The van der Waals surface area contributed by atoms with Gasteiger partial charge in [-0.1, -0.05) is 28.1 Å². The maximum absolute atomic E-state index is 10.7. The van der Waals surface area contributed by atoms with Crippen molar-refractivity contribution >= 4 is 21.6 Å². The minimum atomic E-state index is -0.360. The molecule has 1 fully saturated rings. The smallest absolute Gasteiger partial charge is 0.269 e. The van der Waals surface area contributed by atoms with Gasteiger partial charge in [0.25, 0.3) is 5.69 Å². The van der Waals surface area contributed by atoms with Gasteiger partial charge in [-0.25, -0.2) is 0 Å². The molecule has 4 nitrogen and oxygen atoms in total. The van der Waals surface area contributed by atoms with Crippen molar-refractivity contribution < 1.29 is 9.66 Å². The first kappa shape index (κ1) is 11.5. The third-order valence-electron chi connectivity index (χ3n) is 2.81. The average Bonchev–Trinajstić information content (AvgIpc) is 2.77. The molecular formula is C11H12BrNO3. The van der Waals surface area contributed by atoms with Crippen molar-refractivity contribution in [3.05, 3.63) is 39.9 Å². The van der Waals surface area contributed by atoms with Crippen LogP contribution in [-0.4, -0.2) is 23.0 Å². The van der Waals surface area contributed by atoms with Gasteiger partial charge in [0.1, 0.15) is 0 Å². The first-order valence-corrected chi connectivity index (χ1v) is 6.24. The molecule has 0 N–H and O–H groups in total. The second-order valence-electron chi connectivity index (χ2n) is 3.89. The minimum absolute atomic E-state index is 0.153. The molecule has 2 atom stereocenters. The van der Waals surface area contributed by atoms with Crippen molar-refractivity contribution in [2.75, 3.05) is 11.9 Å². The highest BCUT2D eigenvalue weighted by molar-refractivity contribution is 9.09. The summed E-state index contributed by atoms with van der Waals surface area (Å²) in [7, 11) is 0. The maximum Gasteiger partial charge on any atom is 0.269 e. The molecule has 1 saturated heterocycles. The Morgan fingerprint density at radius 1 is 1.56 bits per heavy atom. The van der Waals surface area contributed by atoms with Crippen LogP contribution >= 0.6 is 15.9 Å². The number of nitro groups is 1. The number of nitro benzene ring substituents is 1. The van der Waals surface area contributed by atoms with Crippen LogP contribution in [0.2, 0.25) is 0 Å².